The Balaban J connectivity index is 1.56. The maximum atomic E-state index is 12.3. The minimum absolute atomic E-state index is 0.153. The summed E-state index contributed by atoms with van der Waals surface area (Å²) in [5.74, 6) is 0.153. The average Bonchev–Trinajstić information content (AvgIpc) is 2.99. The van der Waals surface area contributed by atoms with Crippen LogP contribution in [0.1, 0.15) is 31.4 Å². The summed E-state index contributed by atoms with van der Waals surface area (Å²) in [5, 5.41) is 0. The van der Waals surface area contributed by atoms with Crippen molar-refractivity contribution in [2.24, 2.45) is 0 Å². The first kappa shape index (κ1) is 13.6. The molecule has 110 valence electrons. The van der Waals surface area contributed by atoms with Crippen LogP contribution in [-0.2, 0) is 6.18 Å². The van der Waals surface area contributed by atoms with Crippen LogP contribution in [0.3, 0.4) is 0 Å². The van der Waals surface area contributed by atoms with E-state index in [1.54, 1.807) is 0 Å². The molecule has 2 aliphatic rings. The zero-order valence-electron chi connectivity index (χ0n) is 10.9. The van der Waals surface area contributed by atoms with Crippen LogP contribution < -0.4 is 4.74 Å². The Labute approximate surface area is 115 Å². The van der Waals surface area contributed by atoms with E-state index in [0.717, 1.165) is 19.2 Å². The molecule has 0 N–H and O–H groups in total. The summed E-state index contributed by atoms with van der Waals surface area (Å²) in [4.78, 5) is 9.45. The molecule has 2 aliphatic heterocycles. The van der Waals surface area contributed by atoms with Gasteiger partial charge in [-0.2, -0.15) is 13.2 Å². The highest BCUT2D eigenvalue weighted by Crippen LogP contribution is 2.32. The second-order valence-electron chi connectivity index (χ2n) is 5.31. The van der Waals surface area contributed by atoms with Crippen LogP contribution in [-0.4, -0.2) is 40.1 Å². The Morgan fingerprint density at radius 1 is 1.20 bits per heavy atom. The molecule has 0 spiro atoms. The van der Waals surface area contributed by atoms with E-state index in [1.165, 1.54) is 19.3 Å². The third-order valence-corrected chi connectivity index (χ3v) is 4.07. The van der Waals surface area contributed by atoms with Gasteiger partial charge in [0.25, 0.3) is 0 Å². The molecule has 3 heterocycles. The van der Waals surface area contributed by atoms with Gasteiger partial charge >= 0.3 is 6.18 Å². The molecule has 0 aromatic carbocycles. The van der Waals surface area contributed by atoms with Crippen molar-refractivity contribution in [2.75, 3.05) is 13.2 Å². The van der Waals surface area contributed by atoms with Gasteiger partial charge in [0.05, 0.1) is 12.4 Å². The van der Waals surface area contributed by atoms with Crippen molar-refractivity contribution >= 4 is 0 Å². The molecule has 7 heteroatoms. The predicted octanol–water partition coefficient (Wildman–Crippen LogP) is 2.50. The van der Waals surface area contributed by atoms with Crippen molar-refractivity contribution in [2.45, 2.75) is 43.9 Å². The topological polar surface area (TPSA) is 38.2 Å². The smallest absolute Gasteiger partial charge is 0.434 e. The first-order valence-electron chi connectivity index (χ1n) is 6.82. The number of ether oxygens (including phenoxy) is 1. The van der Waals surface area contributed by atoms with E-state index in [2.05, 4.69) is 14.9 Å². The molecule has 0 saturated carbocycles. The molecule has 0 radical (unpaired) electrons. The van der Waals surface area contributed by atoms with Crippen molar-refractivity contribution in [1.82, 2.24) is 14.9 Å². The van der Waals surface area contributed by atoms with Gasteiger partial charge in [0.15, 0.2) is 5.69 Å². The number of hydrogen-bond donors (Lipinski definition) is 0. The van der Waals surface area contributed by atoms with E-state index < -0.39 is 11.9 Å². The summed E-state index contributed by atoms with van der Waals surface area (Å²) in [6.07, 6.45) is 2.03. The number of alkyl halides is 3. The number of aromatic nitrogens is 2. The number of hydrogen-bond acceptors (Lipinski definition) is 4. The van der Waals surface area contributed by atoms with Gasteiger partial charge in [-0.15, -0.1) is 0 Å². The fraction of sp³-hybridized carbons (Fsp3) is 0.692. The average molecular weight is 287 g/mol. The van der Waals surface area contributed by atoms with E-state index in [1.807, 2.05) is 0 Å². The Morgan fingerprint density at radius 2 is 2.05 bits per heavy atom. The molecule has 3 rings (SSSR count). The van der Waals surface area contributed by atoms with Crippen LogP contribution in [0.4, 0.5) is 13.2 Å². The second-order valence-corrected chi connectivity index (χ2v) is 5.31. The van der Waals surface area contributed by atoms with Gasteiger partial charge in [0.1, 0.15) is 6.61 Å². The molecule has 1 aromatic rings. The number of rotatable bonds is 3. The van der Waals surface area contributed by atoms with Crippen LogP contribution >= 0.6 is 0 Å². The molecular formula is C13H16F3N3O. The maximum Gasteiger partial charge on any atom is 0.434 e. The molecule has 2 fully saturated rings. The van der Waals surface area contributed by atoms with E-state index in [0.29, 0.717) is 24.9 Å². The number of halogens is 3. The quantitative estimate of drug-likeness (QED) is 0.856. The van der Waals surface area contributed by atoms with Crippen LogP contribution in [0.2, 0.25) is 0 Å². The van der Waals surface area contributed by atoms with E-state index in [-0.39, 0.29) is 5.88 Å². The lowest BCUT2D eigenvalue weighted by atomic mass is 10.1. The van der Waals surface area contributed by atoms with Crippen LogP contribution in [0.5, 0.6) is 5.88 Å². The molecule has 1 aromatic heterocycles. The highest BCUT2D eigenvalue weighted by Gasteiger charge is 2.37. The second kappa shape index (κ2) is 5.20. The van der Waals surface area contributed by atoms with Crippen molar-refractivity contribution < 1.29 is 17.9 Å². The number of nitrogens with zero attached hydrogens (tertiary/aromatic N) is 3. The van der Waals surface area contributed by atoms with Crippen molar-refractivity contribution in [3.8, 4) is 5.88 Å². The molecule has 4 nitrogen and oxygen atoms in total. The summed E-state index contributed by atoms with van der Waals surface area (Å²) in [7, 11) is 0. The van der Waals surface area contributed by atoms with Gasteiger partial charge in [0.2, 0.25) is 5.88 Å². The third-order valence-electron chi connectivity index (χ3n) is 4.07. The monoisotopic (exact) mass is 287 g/mol. The summed E-state index contributed by atoms with van der Waals surface area (Å²) >= 11 is 0. The minimum atomic E-state index is -4.46. The van der Waals surface area contributed by atoms with Gasteiger partial charge in [-0.3, -0.25) is 4.90 Å². The molecule has 0 bridgehead atoms. The number of fused-ring (bicyclic) bond motifs is 1. The van der Waals surface area contributed by atoms with Gasteiger partial charge in [-0.05, 0) is 32.2 Å². The zero-order valence-corrected chi connectivity index (χ0v) is 10.9. The lowest BCUT2D eigenvalue weighted by molar-refractivity contribution is -0.141. The molecular weight excluding hydrogens is 271 g/mol. The molecule has 2 atom stereocenters. The first-order chi connectivity index (χ1) is 9.54. The summed E-state index contributed by atoms with van der Waals surface area (Å²) < 4.78 is 42.5. The SMILES string of the molecule is FC(F)(F)c1cnc(OCC2CCC3CCCN32)cn1. The Hall–Kier alpha value is -1.37. The van der Waals surface area contributed by atoms with E-state index in [9.17, 15) is 13.2 Å². The van der Waals surface area contributed by atoms with Gasteiger partial charge in [-0.1, -0.05) is 0 Å². The van der Waals surface area contributed by atoms with Gasteiger partial charge in [0, 0.05) is 12.1 Å². The Kier molecular flexibility index (Phi) is 3.54. The zero-order chi connectivity index (χ0) is 14.2. The Bertz CT molecular complexity index is 463. The van der Waals surface area contributed by atoms with Crippen molar-refractivity contribution in [1.29, 1.82) is 0 Å². The fourth-order valence-corrected chi connectivity index (χ4v) is 3.10. The van der Waals surface area contributed by atoms with Gasteiger partial charge in [-0.25, -0.2) is 9.97 Å². The highest BCUT2D eigenvalue weighted by atomic mass is 19.4. The summed E-state index contributed by atoms with van der Waals surface area (Å²) in [6.45, 7) is 1.56. The summed E-state index contributed by atoms with van der Waals surface area (Å²) in [5.41, 5.74) is -0.995. The third kappa shape index (κ3) is 2.72. The lowest BCUT2D eigenvalue weighted by Crippen LogP contribution is -2.35. The summed E-state index contributed by atoms with van der Waals surface area (Å²) in [6, 6.07) is 1.02. The predicted molar refractivity (Wildman–Crippen MR) is 65.3 cm³/mol. The van der Waals surface area contributed by atoms with Crippen LogP contribution in [0, 0.1) is 0 Å². The van der Waals surface area contributed by atoms with Crippen molar-refractivity contribution in [3.05, 3.63) is 18.1 Å². The van der Waals surface area contributed by atoms with Gasteiger partial charge < -0.3 is 4.74 Å². The molecule has 0 aliphatic carbocycles. The largest absolute Gasteiger partial charge is 0.475 e. The van der Waals surface area contributed by atoms with E-state index >= 15 is 0 Å². The normalized spacial score (nSPS) is 26.8. The lowest BCUT2D eigenvalue weighted by Gasteiger charge is -2.23. The van der Waals surface area contributed by atoms with Crippen molar-refractivity contribution in [3.63, 3.8) is 0 Å². The Morgan fingerprint density at radius 3 is 2.75 bits per heavy atom. The van der Waals surface area contributed by atoms with Crippen LogP contribution in [0.25, 0.3) is 0 Å². The maximum absolute atomic E-state index is 12.3. The van der Waals surface area contributed by atoms with Crippen LogP contribution in [0.15, 0.2) is 12.4 Å². The fourth-order valence-electron chi connectivity index (χ4n) is 3.10. The molecule has 2 unspecified atom stereocenters. The minimum Gasteiger partial charge on any atom is -0.475 e. The highest BCUT2D eigenvalue weighted by molar-refractivity contribution is 5.09. The molecule has 0 amide bonds. The van der Waals surface area contributed by atoms with E-state index in [4.69, 9.17) is 4.74 Å². The molecule has 2 saturated heterocycles. The standard InChI is InChI=1S/C13H16F3N3O/c14-13(15,16)11-6-18-12(7-17-11)20-8-10-4-3-9-2-1-5-19(9)10/h6-7,9-10H,1-5,8H2. The first-order valence-corrected chi connectivity index (χ1v) is 6.82. The molecule has 20 heavy (non-hydrogen) atoms.